The van der Waals surface area contributed by atoms with Crippen LogP contribution in [0.2, 0.25) is 0 Å². The molecule has 0 bridgehead atoms. The first-order chi connectivity index (χ1) is 8.24. The minimum atomic E-state index is -0.345. The van der Waals surface area contributed by atoms with Crippen molar-refractivity contribution in [1.82, 2.24) is 5.32 Å². The summed E-state index contributed by atoms with van der Waals surface area (Å²) in [6, 6.07) is 4.64. The van der Waals surface area contributed by atoms with Crippen molar-refractivity contribution in [3.63, 3.8) is 0 Å². The molecule has 0 spiro atoms. The van der Waals surface area contributed by atoms with Gasteiger partial charge in [-0.05, 0) is 25.1 Å². The maximum Gasteiger partial charge on any atom is 0.165 e. The van der Waals surface area contributed by atoms with Gasteiger partial charge >= 0.3 is 0 Å². The number of hydrogen-bond acceptors (Lipinski definition) is 3. The fourth-order valence-electron chi connectivity index (χ4n) is 1.23. The van der Waals surface area contributed by atoms with Crippen molar-refractivity contribution in [2.75, 3.05) is 32.9 Å². The van der Waals surface area contributed by atoms with E-state index in [0.29, 0.717) is 19.8 Å². The molecule has 5 heteroatoms. The molecular weight excluding hydrogens is 289 g/mol. The lowest BCUT2D eigenvalue weighted by molar-refractivity contribution is 0.148. The van der Waals surface area contributed by atoms with Crippen LogP contribution < -0.4 is 10.1 Å². The summed E-state index contributed by atoms with van der Waals surface area (Å²) in [6.45, 7) is 5.24. The zero-order valence-electron chi connectivity index (χ0n) is 9.84. The molecule has 1 N–H and O–H groups in total. The molecule has 1 aromatic rings. The summed E-state index contributed by atoms with van der Waals surface area (Å²) < 4.78 is 24.5. The van der Waals surface area contributed by atoms with Crippen molar-refractivity contribution in [3.8, 4) is 5.75 Å². The van der Waals surface area contributed by atoms with E-state index < -0.39 is 0 Å². The van der Waals surface area contributed by atoms with Gasteiger partial charge in [0, 0.05) is 24.2 Å². The Morgan fingerprint density at radius 1 is 1.29 bits per heavy atom. The van der Waals surface area contributed by atoms with Gasteiger partial charge < -0.3 is 14.8 Å². The lowest BCUT2D eigenvalue weighted by atomic mass is 10.3. The lowest BCUT2D eigenvalue weighted by Gasteiger charge is -2.08. The van der Waals surface area contributed by atoms with Gasteiger partial charge in [0.15, 0.2) is 11.6 Å². The summed E-state index contributed by atoms with van der Waals surface area (Å²) in [5, 5.41) is 3.14. The maximum atomic E-state index is 13.3. The van der Waals surface area contributed by atoms with E-state index in [9.17, 15) is 4.39 Å². The number of rotatable bonds is 8. The standard InChI is InChI=1S/C12H17BrFNO2/c1-2-16-7-5-15-6-8-17-12-9-10(13)3-4-11(12)14/h3-4,9,15H,2,5-8H2,1H3. The topological polar surface area (TPSA) is 30.5 Å². The highest BCUT2D eigenvalue weighted by Crippen LogP contribution is 2.21. The Kier molecular flexibility index (Phi) is 7.16. The second kappa shape index (κ2) is 8.44. The van der Waals surface area contributed by atoms with Crippen LogP contribution >= 0.6 is 15.9 Å². The second-order valence-electron chi connectivity index (χ2n) is 3.37. The summed E-state index contributed by atoms with van der Waals surface area (Å²) in [6.07, 6.45) is 0. The quantitative estimate of drug-likeness (QED) is 0.749. The van der Waals surface area contributed by atoms with Crippen molar-refractivity contribution in [2.24, 2.45) is 0 Å². The van der Waals surface area contributed by atoms with Crippen molar-refractivity contribution in [2.45, 2.75) is 6.92 Å². The molecule has 0 saturated heterocycles. The van der Waals surface area contributed by atoms with E-state index in [4.69, 9.17) is 9.47 Å². The Bertz CT molecular complexity index is 336. The van der Waals surface area contributed by atoms with E-state index >= 15 is 0 Å². The van der Waals surface area contributed by atoms with E-state index in [1.807, 2.05) is 6.92 Å². The molecule has 0 heterocycles. The Labute approximate surface area is 109 Å². The number of ether oxygens (including phenoxy) is 2. The lowest BCUT2D eigenvalue weighted by Crippen LogP contribution is -2.25. The highest BCUT2D eigenvalue weighted by molar-refractivity contribution is 9.10. The van der Waals surface area contributed by atoms with Crippen LogP contribution in [-0.4, -0.2) is 32.9 Å². The average molecular weight is 306 g/mol. The molecule has 0 amide bonds. The monoisotopic (exact) mass is 305 g/mol. The molecule has 1 aromatic carbocycles. The summed E-state index contributed by atoms with van der Waals surface area (Å²) in [5.41, 5.74) is 0. The van der Waals surface area contributed by atoms with Crippen molar-refractivity contribution >= 4 is 15.9 Å². The van der Waals surface area contributed by atoms with Crippen LogP contribution in [0.4, 0.5) is 4.39 Å². The largest absolute Gasteiger partial charge is 0.489 e. The Balaban J connectivity index is 2.15. The molecule has 1 rings (SSSR count). The third kappa shape index (κ3) is 6.00. The van der Waals surface area contributed by atoms with Gasteiger partial charge in [-0.25, -0.2) is 4.39 Å². The normalized spacial score (nSPS) is 10.5. The van der Waals surface area contributed by atoms with Gasteiger partial charge in [0.25, 0.3) is 0 Å². The molecule has 0 aromatic heterocycles. The molecule has 0 radical (unpaired) electrons. The highest BCUT2D eigenvalue weighted by atomic mass is 79.9. The minimum absolute atomic E-state index is 0.269. The van der Waals surface area contributed by atoms with E-state index in [-0.39, 0.29) is 11.6 Å². The van der Waals surface area contributed by atoms with Gasteiger partial charge in [-0.1, -0.05) is 15.9 Å². The van der Waals surface area contributed by atoms with Crippen LogP contribution in [0.1, 0.15) is 6.92 Å². The van der Waals surface area contributed by atoms with Crippen molar-refractivity contribution in [1.29, 1.82) is 0 Å². The third-order valence-corrected chi connectivity index (χ3v) is 2.55. The molecule has 0 atom stereocenters. The number of halogens is 2. The predicted octanol–water partition coefficient (Wildman–Crippen LogP) is 2.59. The molecular formula is C12H17BrFNO2. The number of hydrogen-bond donors (Lipinski definition) is 1. The summed E-state index contributed by atoms with van der Waals surface area (Å²) >= 11 is 3.27. The molecule has 0 unspecified atom stereocenters. The van der Waals surface area contributed by atoms with E-state index in [1.54, 1.807) is 12.1 Å². The fourth-order valence-corrected chi connectivity index (χ4v) is 1.57. The average Bonchev–Trinajstić information content (AvgIpc) is 2.32. The number of nitrogens with one attached hydrogen (secondary N) is 1. The SMILES string of the molecule is CCOCCNCCOc1cc(Br)ccc1F. The van der Waals surface area contributed by atoms with Crippen LogP contribution in [-0.2, 0) is 4.74 Å². The molecule has 0 aliphatic heterocycles. The fraction of sp³-hybridized carbons (Fsp3) is 0.500. The molecule has 96 valence electrons. The van der Waals surface area contributed by atoms with Gasteiger partial charge in [-0.15, -0.1) is 0 Å². The molecule has 0 saturated carbocycles. The highest BCUT2D eigenvalue weighted by Gasteiger charge is 2.03. The van der Waals surface area contributed by atoms with Gasteiger partial charge in [-0.3, -0.25) is 0 Å². The zero-order chi connectivity index (χ0) is 12.5. The smallest absolute Gasteiger partial charge is 0.165 e. The Hall–Kier alpha value is -0.650. The van der Waals surface area contributed by atoms with Crippen LogP contribution in [0.3, 0.4) is 0 Å². The first kappa shape index (κ1) is 14.4. The second-order valence-corrected chi connectivity index (χ2v) is 4.29. The molecule has 0 fully saturated rings. The Morgan fingerprint density at radius 3 is 2.82 bits per heavy atom. The van der Waals surface area contributed by atoms with Crippen molar-refractivity contribution < 1.29 is 13.9 Å². The predicted molar refractivity (Wildman–Crippen MR) is 69.0 cm³/mol. The zero-order valence-corrected chi connectivity index (χ0v) is 11.4. The molecule has 0 aliphatic carbocycles. The van der Waals surface area contributed by atoms with E-state index in [2.05, 4.69) is 21.2 Å². The number of benzene rings is 1. The van der Waals surface area contributed by atoms with Crippen LogP contribution in [0.15, 0.2) is 22.7 Å². The summed E-state index contributed by atoms with van der Waals surface area (Å²) in [4.78, 5) is 0. The molecule has 0 aliphatic rings. The van der Waals surface area contributed by atoms with Gasteiger partial charge in [0.05, 0.1) is 6.61 Å². The van der Waals surface area contributed by atoms with Gasteiger partial charge in [-0.2, -0.15) is 0 Å². The van der Waals surface area contributed by atoms with Gasteiger partial charge in [0.1, 0.15) is 6.61 Å². The van der Waals surface area contributed by atoms with E-state index in [1.165, 1.54) is 6.07 Å². The van der Waals surface area contributed by atoms with Crippen LogP contribution in [0.25, 0.3) is 0 Å². The summed E-state index contributed by atoms with van der Waals surface area (Å²) in [7, 11) is 0. The first-order valence-electron chi connectivity index (χ1n) is 5.60. The van der Waals surface area contributed by atoms with E-state index in [0.717, 1.165) is 17.6 Å². The first-order valence-corrected chi connectivity index (χ1v) is 6.39. The van der Waals surface area contributed by atoms with Crippen LogP contribution in [0.5, 0.6) is 5.75 Å². The van der Waals surface area contributed by atoms with Crippen molar-refractivity contribution in [3.05, 3.63) is 28.5 Å². The van der Waals surface area contributed by atoms with Crippen LogP contribution in [0, 0.1) is 5.82 Å². The maximum absolute atomic E-state index is 13.3. The molecule has 3 nitrogen and oxygen atoms in total. The Morgan fingerprint density at radius 2 is 2.06 bits per heavy atom. The minimum Gasteiger partial charge on any atom is -0.489 e. The summed E-state index contributed by atoms with van der Waals surface area (Å²) in [5.74, 6) is -0.0755. The van der Waals surface area contributed by atoms with Gasteiger partial charge in [0.2, 0.25) is 0 Å². The molecule has 17 heavy (non-hydrogen) atoms. The third-order valence-electron chi connectivity index (χ3n) is 2.06.